The molecule has 0 aliphatic carbocycles. The van der Waals surface area contributed by atoms with E-state index in [0.29, 0.717) is 6.10 Å². The van der Waals surface area contributed by atoms with Crippen molar-refractivity contribution in [3.63, 3.8) is 0 Å². The van der Waals surface area contributed by atoms with Crippen LogP contribution in [-0.4, -0.2) is 47.9 Å². The molecule has 1 aliphatic heterocycles. The molecule has 0 spiro atoms. The Kier molecular flexibility index (Phi) is 6.16. The van der Waals surface area contributed by atoms with Crippen LogP contribution in [0.4, 0.5) is 0 Å². The molecule has 3 rings (SSSR count). The summed E-state index contributed by atoms with van der Waals surface area (Å²) < 4.78 is 18.8. The predicted octanol–water partition coefficient (Wildman–Crippen LogP) is 2.93. The second-order valence-electron chi connectivity index (χ2n) is 6.85. The monoisotopic (exact) mass is 359 g/mol. The molecule has 142 valence electrons. The van der Waals surface area contributed by atoms with E-state index in [-0.39, 0.29) is 0 Å². The molecule has 1 aliphatic rings. The summed E-state index contributed by atoms with van der Waals surface area (Å²) in [6.07, 6.45) is 4.56. The first-order valence-electron chi connectivity index (χ1n) is 9.12. The van der Waals surface area contributed by atoms with Crippen molar-refractivity contribution in [1.82, 2.24) is 14.5 Å². The summed E-state index contributed by atoms with van der Waals surface area (Å²) in [4.78, 5) is 6.85. The number of rotatable bonds is 8. The molecule has 6 nitrogen and oxygen atoms in total. The molecule has 0 amide bonds. The Hall–Kier alpha value is -2.05. The zero-order valence-electron chi connectivity index (χ0n) is 16.2. The van der Waals surface area contributed by atoms with Crippen LogP contribution in [0.3, 0.4) is 0 Å². The van der Waals surface area contributed by atoms with E-state index in [1.54, 1.807) is 14.2 Å². The molecular weight excluding hydrogens is 330 g/mol. The fourth-order valence-electron chi connectivity index (χ4n) is 3.42. The van der Waals surface area contributed by atoms with Gasteiger partial charge < -0.3 is 18.8 Å². The number of aromatic nitrogens is 2. The van der Waals surface area contributed by atoms with Gasteiger partial charge in [0.05, 0.1) is 26.0 Å². The summed E-state index contributed by atoms with van der Waals surface area (Å²) in [6.45, 7) is 5.48. The molecule has 0 bridgehead atoms. The SMILES string of the molecule is COc1ccc(CN(Cc2cnc(C)n2C)C[C@@H]2CCCO2)cc1OC. The lowest BCUT2D eigenvalue weighted by atomic mass is 10.1. The minimum atomic E-state index is 0.310. The Bertz CT molecular complexity index is 723. The van der Waals surface area contributed by atoms with Crippen molar-refractivity contribution >= 4 is 0 Å². The van der Waals surface area contributed by atoms with Crippen molar-refractivity contribution in [3.05, 3.63) is 41.5 Å². The lowest BCUT2D eigenvalue weighted by Gasteiger charge is -2.25. The minimum Gasteiger partial charge on any atom is -0.493 e. The van der Waals surface area contributed by atoms with Crippen molar-refractivity contribution in [2.45, 2.75) is 39.0 Å². The molecule has 0 saturated carbocycles. The van der Waals surface area contributed by atoms with Gasteiger partial charge in [0.2, 0.25) is 0 Å². The number of methoxy groups -OCH3 is 2. The quantitative estimate of drug-likeness (QED) is 0.725. The van der Waals surface area contributed by atoms with Gasteiger partial charge in [-0.25, -0.2) is 4.98 Å². The Morgan fingerprint density at radius 3 is 2.65 bits per heavy atom. The molecule has 1 fully saturated rings. The van der Waals surface area contributed by atoms with Crippen molar-refractivity contribution in [1.29, 1.82) is 0 Å². The Balaban J connectivity index is 1.77. The van der Waals surface area contributed by atoms with Crippen LogP contribution >= 0.6 is 0 Å². The van der Waals surface area contributed by atoms with E-state index in [9.17, 15) is 0 Å². The van der Waals surface area contributed by atoms with Gasteiger partial charge in [0.1, 0.15) is 5.82 Å². The summed E-state index contributed by atoms with van der Waals surface area (Å²) in [5.74, 6) is 2.55. The molecule has 6 heteroatoms. The van der Waals surface area contributed by atoms with E-state index < -0.39 is 0 Å². The van der Waals surface area contributed by atoms with Crippen molar-refractivity contribution in [2.75, 3.05) is 27.4 Å². The van der Waals surface area contributed by atoms with Gasteiger partial charge in [0, 0.05) is 39.5 Å². The van der Waals surface area contributed by atoms with Gasteiger partial charge in [-0.05, 0) is 37.5 Å². The van der Waals surface area contributed by atoms with Crippen LogP contribution in [-0.2, 0) is 24.9 Å². The van der Waals surface area contributed by atoms with Gasteiger partial charge >= 0.3 is 0 Å². The number of nitrogens with zero attached hydrogens (tertiary/aromatic N) is 3. The van der Waals surface area contributed by atoms with E-state index in [1.165, 1.54) is 11.3 Å². The molecule has 2 aromatic rings. The van der Waals surface area contributed by atoms with Gasteiger partial charge in [-0.3, -0.25) is 4.90 Å². The van der Waals surface area contributed by atoms with Crippen molar-refractivity contribution in [2.24, 2.45) is 7.05 Å². The molecule has 1 aromatic carbocycles. The second-order valence-corrected chi connectivity index (χ2v) is 6.85. The summed E-state index contributed by atoms with van der Waals surface area (Å²) in [6, 6.07) is 6.11. The number of imidazole rings is 1. The summed E-state index contributed by atoms with van der Waals surface area (Å²) in [7, 11) is 5.40. The topological polar surface area (TPSA) is 48.8 Å². The highest BCUT2D eigenvalue weighted by molar-refractivity contribution is 5.42. The zero-order chi connectivity index (χ0) is 18.5. The highest BCUT2D eigenvalue weighted by Crippen LogP contribution is 2.28. The fraction of sp³-hybridized carbons (Fsp3) is 0.550. The molecule has 2 heterocycles. The third kappa shape index (κ3) is 4.37. The summed E-state index contributed by atoms with van der Waals surface area (Å²) in [5, 5.41) is 0. The van der Waals surface area contributed by atoms with Gasteiger partial charge in [-0.2, -0.15) is 0 Å². The van der Waals surface area contributed by atoms with Gasteiger partial charge in [-0.15, -0.1) is 0 Å². The smallest absolute Gasteiger partial charge is 0.161 e. The first-order valence-corrected chi connectivity index (χ1v) is 9.12. The first-order chi connectivity index (χ1) is 12.6. The first kappa shape index (κ1) is 18.7. The lowest BCUT2D eigenvalue weighted by Crippen LogP contribution is -2.32. The van der Waals surface area contributed by atoms with Crippen molar-refractivity contribution < 1.29 is 14.2 Å². The van der Waals surface area contributed by atoms with Crippen molar-refractivity contribution in [3.8, 4) is 11.5 Å². The van der Waals surface area contributed by atoms with Gasteiger partial charge in [0.15, 0.2) is 11.5 Å². The summed E-state index contributed by atoms with van der Waals surface area (Å²) >= 11 is 0. The van der Waals surface area contributed by atoms with Crippen LogP contribution in [0.25, 0.3) is 0 Å². The molecule has 0 unspecified atom stereocenters. The van der Waals surface area contributed by atoms with Crippen LogP contribution < -0.4 is 9.47 Å². The molecule has 26 heavy (non-hydrogen) atoms. The van der Waals surface area contributed by atoms with E-state index in [4.69, 9.17) is 14.2 Å². The molecule has 1 atom stereocenters. The van der Waals surface area contributed by atoms with Crippen LogP contribution in [0, 0.1) is 6.92 Å². The lowest BCUT2D eigenvalue weighted by molar-refractivity contribution is 0.0671. The number of benzene rings is 1. The standard InChI is InChI=1S/C20H29N3O3/c1-15-21-11-17(22(15)2)13-23(14-18-6-5-9-26-18)12-16-7-8-19(24-3)20(10-16)25-4/h7-8,10-11,18H,5-6,9,12-14H2,1-4H3/t18-/m0/s1. The average Bonchev–Trinajstić information content (AvgIpc) is 3.27. The third-order valence-electron chi connectivity index (χ3n) is 5.04. The third-order valence-corrected chi connectivity index (χ3v) is 5.04. The number of ether oxygens (including phenoxy) is 3. The Morgan fingerprint density at radius 1 is 1.23 bits per heavy atom. The van der Waals surface area contributed by atoms with E-state index in [0.717, 1.165) is 56.4 Å². The number of aryl methyl sites for hydroxylation is 1. The Labute approximate surface area is 155 Å². The maximum atomic E-state index is 5.87. The number of hydrogen-bond donors (Lipinski definition) is 0. The maximum absolute atomic E-state index is 5.87. The molecule has 0 radical (unpaired) electrons. The van der Waals surface area contributed by atoms with Crippen LogP contribution in [0.2, 0.25) is 0 Å². The minimum absolute atomic E-state index is 0.310. The van der Waals surface area contributed by atoms with E-state index >= 15 is 0 Å². The molecular formula is C20H29N3O3. The average molecular weight is 359 g/mol. The molecule has 1 saturated heterocycles. The fourth-order valence-corrected chi connectivity index (χ4v) is 3.42. The van der Waals surface area contributed by atoms with Crippen LogP contribution in [0.5, 0.6) is 11.5 Å². The number of hydrogen-bond acceptors (Lipinski definition) is 5. The highest BCUT2D eigenvalue weighted by atomic mass is 16.5. The predicted molar refractivity (Wildman–Crippen MR) is 101 cm³/mol. The highest BCUT2D eigenvalue weighted by Gasteiger charge is 2.21. The molecule has 0 N–H and O–H groups in total. The molecule has 1 aromatic heterocycles. The van der Waals surface area contributed by atoms with Crippen LogP contribution in [0.15, 0.2) is 24.4 Å². The van der Waals surface area contributed by atoms with Crippen LogP contribution in [0.1, 0.15) is 29.9 Å². The van der Waals surface area contributed by atoms with E-state index in [1.807, 2.05) is 19.2 Å². The maximum Gasteiger partial charge on any atom is 0.161 e. The second kappa shape index (κ2) is 8.56. The normalized spacial score (nSPS) is 17.0. The van der Waals surface area contributed by atoms with E-state index in [2.05, 4.69) is 33.6 Å². The van der Waals surface area contributed by atoms with Gasteiger partial charge in [-0.1, -0.05) is 6.07 Å². The zero-order valence-corrected chi connectivity index (χ0v) is 16.2. The summed E-state index contributed by atoms with van der Waals surface area (Å²) in [5.41, 5.74) is 2.40. The largest absolute Gasteiger partial charge is 0.493 e. The Morgan fingerprint density at radius 2 is 2.04 bits per heavy atom. The van der Waals surface area contributed by atoms with Gasteiger partial charge in [0.25, 0.3) is 0 Å².